The molecule has 0 saturated carbocycles. The van der Waals surface area contributed by atoms with Gasteiger partial charge in [-0.3, -0.25) is 9.59 Å². The molecule has 2 N–H and O–H groups in total. The van der Waals surface area contributed by atoms with Gasteiger partial charge in [0.05, 0.1) is 14.9 Å². The number of sulfonamides is 1. The fraction of sp³-hybridized carbons (Fsp3) is 0.429. The van der Waals surface area contributed by atoms with Crippen LogP contribution in [0.3, 0.4) is 0 Å². The van der Waals surface area contributed by atoms with E-state index in [1.54, 1.807) is 0 Å². The summed E-state index contributed by atoms with van der Waals surface area (Å²) in [5, 5.41) is 2.90. The first-order valence-electron chi connectivity index (χ1n) is 7.05. The van der Waals surface area contributed by atoms with E-state index in [2.05, 4.69) is 10.0 Å². The molecule has 0 heterocycles. The Bertz CT molecular complexity index is 709. The van der Waals surface area contributed by atoms with Crippen molar-refractivity contribution in [2.24, 2.45) is 0 Å². The summed E-state index contributed by atoms with van der Waals surface area (Å²) in [6.07, 6.45) is 0.739. The molecule has 0 spiro atoms. The molecule has 0 aromatic heterocycles. The minimum absolute atomic E-state index is 0.0376. The van der Waals surface area contributed by atoms with Gasteiger partial charge in [-0.05, 0) is 31.5 Å². The van der Waals surface area contributed by atoms with Crippen molar-refractivity contribution in [2.45, 2.75) is 31.2 Å². The van der Waals surface area contributed by atoms with E-state index in [0.29, 0.717) is 0 Å². The molecule has 1 aromatic carbocycles. The zero-order chi connectivity index (χ0) is 18.3. The van der Waals surface area contributed by atoms with Crippen LogP contribution in [0.5, 0.6) is 0 Å². The quantitative estimate of drug-likeness (QED) is 0.651. The number of hydrogen-bond donors (Lipinski definition) is 2. The number of hydrogen-bond acceptors (Lipinski definition) is 5. The Hall–Kier alpha value is -1.35. The van der Waals surface area contributed by atoms with Gasteiger partial charge in [-0.15, -0.1) is 0 Å². The van der Waals surface area contributed by atoms with Crippen LogP contribution in [0.2, 0.25) is 10.0 Å². The number of amides is 1. The van der Waals surface area contributed by atoms with Crippen molar-refractivity contribution < 1.29 is 22.7 Å². The third-order valence-electron chi connectivity index (χ3n) is 2.99. The molecule has 0 fully saturated rings. The normalized spacial score (nSPS) is 12.5. The monoisotopic (exact) mass is 396 g/mol. The number of halogens is 2. The van der Waals surface area contributed by atoms with Crippen LogP contribution in [-0.2, 0) is 24.3 Å². The van der Waals surface area contributed by atoms with E-state index in [0.717, 1.165) is 12.5 Å². The highest BCUT2D eigenvalue weighted by molar-refractivity contribution is 7.89. The maximum atomic E-state index is 12.0. The van der Waals surface area contributed by atoms with Gasteiger partial charge < -0.3 is 10.1 Å². The lowest BCUT2D eigenvalue weighted by Crippen LogP contribution is -2.37. The van der Waals surface area contributed by atoms with Gasteiger partial charge in [-0.25, -0.2) is 8.42 Å². The Kier molecular flexibility index (Phi) is 7.95. The maximum Gasteiger partial charge on any atom is 0.321 e. The van der Waals surface area contributed by atoms with Gasteiger partial charge in [0, 0.05) is 6.04 Å². The second kappa shape index (κ2) is 9.22. The lowest BCUT2D eigenvalue weighted by atomic mass is 10.2. The summed E-state index contributed by atoms with van der Waals surface area (Å²) >= 11 is 11.5. The van der Waals surface area contributed by atoms with Gasteiger partial charge in [0.15, 0.2) is 6.61 Å². The molecule has 0 aliphatic rings. The molecule has 0 aliphatic carbocycles. The van der Waals surface area contributed by atoms with Crippen molar-refractivity contribution in [1.29, 1.82) is 0 Å². The van der Waals surface area contributed by atoms with Crippen LogP contribution in [0, 0.1) is 0 Å². The molecule has 1 atom stereocenters. The Balaban J connectivity index is 2.51. The van der Waals surface area contributed by atoms with Gasteiger partial charge in [-0.1, -0.05) is 30.1 Å². The van der Waals surface area contributed by atoms with Crippen LogP contribution in [0.15, 0.2) is 23.1 Å². The minimum atomic E-state index is -3.95. The van der Waals surface area contributed by atoms with E-state index in [9.17, 15) is 18.0 Å². The first-order chi connectivity index (χ1) is 11.2. The average Bonchev–Trinajstić information content (AvgIpc) is 2.53. The first-order valence-corrected chi connectivity index (χ1v) is 9.29. The van der Waals surface area contributed by atoms with Gasteiger partial charge >= 0.3 is 5.97 Å². The highest BCUT2D eigenvalue weighted by Crippen LogP contribution is 2.24. The number of esters is 1. The zero-order valence-corrected chi connectivity index (χ0v) is 15.5. The van der Waals surface area contributed by atoms with E-state index in [1.165, 1.54) is 12.1 Å². The first kappa shape index (κ1) is 20.7. The fourth-order valence-electron chi connectivity index (χ4n) is 1.50. The molecule has 0 radical (unpaired) electrons. The molecule has 0 bridgehead atoms. The Morgan fingerprint density at radius 2 is 1.92 bits per heavy atom. The summed E-state index contributed by atoms with van der Waals surface area (Å²) in [6.45, 7) is 2.62. The van der Waals surface area contributed by atoms with Crippen molar-refractivity contribution in [2.75, 3.05) is 13.2 Å². The summed E-state index contributed by atoms with van der Waals surface area (Å²) in [7, 11) is -3.95. The van der Waals surface area contributed by atoms with Gasteiger partial charge in [0.1, 0.15) is 6.54 Å². The summed E-state index contributed by atoms with van der Waals surface area (Å²) in [5.74, 6) is -1.33. The largest absolute Gasteiger partial charge is 0.455 e. The van der Waals surface area contributed by atoms with Crippen molar-refractivity contribution in [1.82, 2.24) is 10.0 Å². The van der Waals surface area contributed by atoms with Crippen molar-refractivity contribution >= 4 is 45.1 Å². The number of benzene rings is 1. The minimum Gasteiger partial charge on any atom is -0.455 e. The topological polar surface area (TPSA) is 102 Å². The second-order valence-electron chi connectivity index (χ2n) is 4.94. The summed E-state index contributed by atoms with van der Waals surface area (Å²) in [4.78, 5) is 22.8. The molecule has 7 nitrogen and oxygen atoms in total. The molecule has 10 heteroatoms. The standard InChI is InChI=1S/C14H18Cl2N2O5S/c1-3-9(2)18-13(19)8-23-14(20)7-17-24(21,22)10-4-5-11(15)12(16)6-10/h4-6,9,17H,3,7-8H2,1-2H3,(H,18,19)/t9-/m1/s1. The molecular formula is C14H18Cl2N2O5S. The van der Waals surface area contributed by atoms with E-state index >= 15 is 0 Å². The van der Waals surface area contributed by atoms with Crippen molar-refractivity contribution in [3.8, 4) is 0 Å². The van der Waals surface area contributed by atoms with Crippen molar-refractivity contribution in [3.05, 3.63) is 28.2 Å². The molecule has 0 unspecified atom stereocenters. The maximum absolute atomic E-state index is 12.0. The lowest BCUT2D eigenvalue weighted by Gasteiger charge is -2.11. The van der Waals surface area contributed by atoms with E-state index in [-0.39, 0.29) is 21.0 Å². The SMILES string of the molecule is CC[C@@H](C)NC(=O)COC(=O)CNS(=O)(=O)c1ccc(Cl)c(Cl)c1. The van der Waals surface area contributed by atoms with Crippen LogP contribution >= 0.6 is 23.2 Å². The predicted molar refractivity (Wildman–Crippen MR) is 90.5 cm³/mol. The second-order valence-corrected chi connectivity index (χ2v) is 7.52. The number of carbonyl (C=O) groups is 2. The summed E-state index contributed by atoms with van der Waals surface area (Å²) in [6, 6.07) is 3.71. The zero-order valence-electron chi connectivity index (χ0n) is 13.1. The fourth-order valence-corrected chi connectivity index (χ4v) is 2.85. The number of nitrogens with one attached hydrogen (secondary N) is 2. The van der Waals surface area contributed by atoms with Gasteiger partial charge in [0.2, 0.25) is 10.0 Å². The van der Waals surface area contributed by atoms with Gasteiger partial charge in [-0.2, -0.15) is 4.72 Å². The molecule has 1 amide bonds. The van der Waals surface area contributed by atoms with Crippen LogP contribution in [0.25, 0.3) is 0 Å². The van der Waals surface area contributed by atoms with Gasteiger partial charge in [0.25, 0.3) is 5.91 Å². The van der Waals surface area contributed by atoms with E-state index in [4.69, 9.17) is 27.9 Å². The Morgan fingerprint density at radius 3 is 2.50 bits per heavy atom. The average molecular weight is 397 g/mol. The molecular weight excluding hydrogens is 379 g/mol. The number of carbonyl (C=O) groups excluding carboxylic acids is 2. The summed E-state index contributed by atoms with van der Waals surface area (Å²) < 4.78 is 30.8. The van der Waals surface area contributed by atoms with E-state index in [1.807, 2.05) is 13.8 Å². The Labute approximate surface area is 150 Å². The highest BCUT2D eigenvalue weighted by atomic mass is 35.5. The lowest BCUT2D eigenvalue weighted by molar-refractivity contribution is -0.147. The molecule has 134 valence electrons. The third-order valence-corrected chi connectivity index (χ3v) is 5.13. The predicted octanol–water partition coefficient (Wildman–Crippen LogP) is 1.73. The Morgan fingerprint density at radius 1 is 1.25 bits per heavy atom. The molecule has 24 heavy (non-hydrogen) atoms. The summed E-state index contributed by atoms with van der Waals surface area (Å²) in [5.41, 5.74) is 0. The number of rotatable bonds is 8. The van der Waals surface area contributed by atoms with Crippen molar-refractivity contribution in [3.63, 3.8) is 0 Å². The smallest absolute Gasteiger partial charge is 0.321 e. The molecule has 1 aromatic rings. The molecule has 1 rings (SSSR count). The molecule has 0 saturated heterocycles. The molecule has 0 aliphatic heterocycles. The van der Waals surface area contributed by atoms with Crippen LogP contribution in [0.1, 0.15) is 20.3 Å². The van der Waals surface area contributed by atoms with Crippen LogP contribution in [-0.4, -0.2) is 39.5 Å². The van der Waals surface area contributed by atoms with E-state index < -0.39 is 35.1 Å². The van der Waals surface area contributed by atoms with Crippen LogP contribution < -0.4 is 10.0 Å². The van der Waals surface area contributed by atoms with Crippen LogP contribution in [0.4, 0.5) is 0 Å². The highest BCUT2D eigenvalue weighted by Gasteiger charge is 2.18. The number of ether oxygens (including phenoxy) is 1. The third kappa shape index (κ3) is 6.64.